The van der Waals surface area contributed by atoms with Gasteiger partial charge in [0.05, 0.1) is 7.11 Å². The maximum atomic E-state index is 5.88. The lowest BCUT2D eigenvalue weighted by atomic mass is 10.2. The molecule has 0 aliphatic rings. The summed E-state index contributed by atoms with van der Waals surface area (Å²) >= 11 is 5.88. The zero-order valence-corrected chi connectivity index (χ0v) is 10.2. The van der Waals surface area contributed by atoms with Gasteiger partial charge in [0.2, 0.25) is 0 Å². The topological polar surface area (TPSA) is 34.1 Å². The number of anilines is 2. The summed E-state index contributed by atoms with van der Waals surface area (Å²) in [5.74, 6) is 1.85. The molecule has 0 aliphatic heterocycles. The third-order valence-corrected chi connectivity index (χ3v) is 2.69. The van der Waals surface area contributed by atoms with Gasteiger partial charge in [0.25, 0.3) is 0 Å². The molecule has 4 heteroatoms. The molecule has 1 aromatic carbocycles. The molecule has 0 saturated heterocycles. The van der Waals surface area contributed by atoms with E-state index in [1.165, 1.54) is 0 Å². The minimum absolute atomic E-state index is 0.457. The van der Waals surface area contributed by atoms with Crippen molar-refractivity contribution < 1.29 is 4.74 Å². The molecule has 1 heterocycles. The van der Waals surface area contributed by atoms with Gasteiger partial charge in [-0.2, -0.15) is 0 Å². The van der Waals surface area contributed by atoms with Crippen LogP contribution in [0.5, 0.6) is 5.75 Å². The van der Waals surface area contributed by atoms with E-state index in [4.69, 9.17) is 16.3 Å². The van der Waals surface area contributed by atoms with Crippen molar-refractivity contribution in [2.45, 2.75) is 5.88 Å². The van der Waals surface area contributed by atoms with E-state index in [1.54, 1.807) is 13.3 Å². The molecule has 1 N–H and O–H groups in total. The number of alkyl halides is 1. The lowest BCUT2D eigenvalue weighted by molar-refractivity contribution is 0.415. The smallest absolute Gasteiger partial charge is 0.173 e. The molecule has 1 aromatic heterocycles. The summed E-state index contributed by atoms with van der Waals surface area (Å²) in [6.45, 7) is 0. The summed E-state index contributed by atoms with van der Waals surface area (Å²) in [5, 5.41) is 3.22. The zero-order chi connectivity index (χ0) is 12.1. The Morgan fingerprint density at radius 3 is 2.82 bits per heavy atom. The standard InChI is InChI=1S/C13H13ClN2O/c1-17-12-7-4-8-15-13(12)16-11-6-3-2-5-10(11)9-14/h2-8H,9H2,1H3,(H,15,16). The van der Waals surface area contributed by atoms with Crippen LogP contribution < -0.4 is 10.1 Å². The molecule has 3 nitrogen and oxygen atoms in total. The van der Waals surface area contributed by atoms with Crippen molar-refractivity contribution in [2.75, 3.05) is 12.4 Å². The molecule has 0 bridgehead atoms. The van der Waals surface area contributed by atoms with Gasteiger partial charge in [-0.15, -0.1) is 11.6 Å². The van der Waals surface area contributed by atoms with Crippen molar-refractivity contribution in [3.8, 4) is 5.75 Å². The van der Waals surface area contributed by atoms with Gasteiger partial charge in [-0.1, -0.05) is 18.2 Å². The van der Waals surface area contributed by atoms with Gasteiger partial charge in [-0.25, -0.2) is 4.98 Å². The van der Waals surface area contributed by atoms with E-state index in [2.05, 4.69) is 10.3 Å². The predicted octanol–water partition coefficient (Wildman–Crippen LogP) is 3.57. The third-order valence-electron chi connectivity index (χ3n) is 2.41. The second kappa shape index (κ2) is 5.55. The Balaban J connectivity index is 2.31. The molecule has 0 saturated carbocycles. The van der Waals surface area contributed by atoms with Gasteiger partial charge in [-0.3, -0.25) is 0 Å². The van der Waals surface area contributed by atoms with Crippen molar-refractivity contribution in [3.63, 3.8) is 0 Å². The number of ether oxygens (including phenoxy) is 1. The summed E-state index contributed by atoms with van der Waals surface area (Å²) in [6, 6.07) is 11.5. The average molecular weight is 249 g/mol. The number of nitrogens with one attached hydrogen (secondary N) is 1. The summed E-state index contributed by atoms with van der Waals surface area (Å²) in [6.07, 6.45) is 1.72. The number of benzene rings is 1. The number of halogens is 1. The Hall–Kier alpha value is -1.74. The van der Waals surface area contributed by atoms with E-state index in [9.17, 15) is 0 Å². The maximum absolute atomic E-state index is 5.88. The molecule has 17 heavy (non-hydrogen) atoms. The molecule has 2 rings (SSSR count). The highest BCUT2D eigenvalue weighted by Gasteiger charge is 2.06. The Labute approximate surface area is 105 Å². The minimum atomic E-state index is 0.457. The molecular weight excluding hydrogens is 236 g/mol. The van der Waals surface area contributed by atoms with Crippen molar-refractivity contribution in [3.05, 3.63) is 48.2 Å². The molecule has 0 fully saturated rings. The average Bonchev–Trinajstić information content (AvgIpc) is 2.40. The van der Waals surface area contributed by atoms with Crippen LogP contribution in [0, 0.1) is 0 Å². The number of aromatic nitrogens is 1. The Kier molecular flexibility index (Phi) is 3.83. The van der Waals surface area contributed by atoms with Crippen LogP contribution in [0.3, 0.4) is 0 Å². The molecule has 0 atom stereocenters. The number of methoxy groups -OCH3 is 1. The molecular formula is C13H13ClN2O. The van der Waals surface area contributed by atoms with Gasteiger partial charge in [-0.05, 0) is 23.8 Å². The summed E-state index contributed by atoms with van der Waals surface area (Å²) in [7, 11) is 1.62. The van der Waals surface area contributed by atoms with E-state index in [1.807, 2.05) is 36.4 Å². The number of hydrogen-bond donors (Lipinski definition) is 1. The monoisotopic (exact) mass is 248 g/mol. The molecule has 0 spiro atoms. The third kappa shape index (κ3) is 2.68. The second-order valence-electron chi connectivity index (χ2n) is 3.47. The highest BCUT2D eigenvalue weighted by molar-refractivity contribution is 6.17. The molecule has 0 amide bonds. The van der Waals surface area contributed by atoms with Crippen LogP contribution in [-0.2, 0) is 5.88 Å². The number of para-hydroxylation sites is 1. The largest absolute Gasteiger partial charge is 0.493 e. The van der Waals surface area contributed by atoms with Gasteiger partial charge in [0, 0.05) is 17.8 Å². The maximum Gasteiger partial charge on any atom is 0.173 e. The molecule has 2 aromatic rings. The fourth-order valence-electron chi connectivity index (χ4n) is 1.54. The molecule has 0 aliphatic carbocycles. The molecule has 0 radical (unpaired) electrons. The van der Waals surface area contributed by atoms with Gasteiger partial charge >= 0.3 is 0 Å². The van der Waals surface area contributed by atoms with E-state index in [0.29, 0.717) is 17.4 Å². The van der Waals surface area contributed by atoms with E-state index >= 15 is 0 Å². The number of rotatable bonds is 4. The van der Waals surface area contributed by atoms with Crippen LogP contribution in [0.25, 0.3) is 0 Å². The first-order valence-corrected chi connectivity index (χ1v) is 5.78. The summed E-state index contributed by atoms with van der Waals surface area (Å²) in [5.41, 5.74) is 1.97. The van der Waals surface area contributed by atoms with Crippen LogP contribution in [0.15, 0.2) is 42.6 Å². The highest BCUT2D eigenvalue weighted by Crippen LogP contribution is 2.26. The Morgan fingerprint density at radius 1 is 1.24 bits per heavy atom. The minimum Gasteiger partial charge on any atom is -0.493 e. The van der Waals surface area contributed by atoms with Crippen molar-refractivity contribution in [1.82, 2.24) is 4.98 Å². The van der Waals surface area contributed by atoms with E-state index in [0.717, 1.165) is 11.3 Å². The second-order valence-corrected chi connectivity index (χ2v) is 3.74. The molecule has 88 valence electrons. The first-order valence-electron chi connectivity index (χ1n) is 5.25. The van der Waals surface area contributed by atoms with E-state index in [-0.39, 0.29) is 0 Å². The number of pyridine rings is 1. The highest BCUT2D eigenvalue weighted by atomic mass is 35.5. The Morgan fingerprint density at radius 2 is 2.06 bits per heavy atom. The van der Waals surface area contributed by atoms with Crippen molar-refractivity contribution >= 4 is 23.1 Å². The zero-order valence-electron chi connectivity index (χ0n) is 9.48. The van der Waals surface area contributed by atoms with Crippen LogP contribution >= 0.6 is 11.6 Å². The number of hydrogen-bond acceptors (Lipinski definition) is 3. The lowest BCUT2D eigenvalue weighted by Crippen LogP contribution is -1.99. The quantitative estimate of drug-likeness (QED) is 0.840. The normalized spacial score (nSPS) is 10.0. The first kappa shape index (κ1) is 11.7. The Bertz CT molecular complexity index is 457. The van der Waals surface area contributed by atoms with Crippen molar-refractivity contribution in [1.29, 1.82) is 0 Å². The van der Waals surface area contributed by atoms with Crippen LogP contribution in [0.2, 0.25) is 0 Å². The van der Waals surface area contributed by atoms with Crippen LogP contribution in [0.4, 0.5) is 11.5 Å². The fourth-order valence-corrected chi connectivity index (χ4v) is 1.77. The summed E-state index contributed by atoms with van der Waals surface area (Å²) in [4.78, 5) is 4.24. The predicted molar refractivity (Wildman–Crippen MR) is 70.1 cm³/mol. The summed E-state index contributed by atoms with van der Waals surface area (Å²) < 4.78 is 5.23. The van der Waals surface area contributed by atoms with E-state index < -0.39 is 0 Å². The van der Waals surface area contributed by atoms with Gasteiger partial charge < -0.3 is 10.1 Å². The van der Waals surface area contributed by atoms with Gasteiger partial charge in [0.15, 0.2) is 11.6 Å². The first-order chi connectivity index (χ1) is 8.35. The lowest BCUT2D eigenvalue weighted by Gasteiger charge is -2.12. The SMILES string of the molecule is COc1cccnc1Nc1ccccc1CCl. The molecule has 0 unspecified atom stereocenters. The van der Waals surface area contributed by atoms with Crippen LogP contribution in [0.1, 0.15) is 5.56 Å². The van der Waals surface area contributed by atoms with Crippen molar-refractivity contribution in [2.24, 2.45) is 0 Å². The van der Waals surface area contributed by atoms with Crippen LogP contribution in [-0.4, -0.2) is 12.1 Å². The van der Waals surface area contributed by atoms with Gasteiger partial charge in [0.1, 0.15) is 0 Å². The fraction of sp³-hybridized carbons (Fsp3) is 0.154. The number of nitrogens with zero attached hydrogens (tertiary/aromatic N) is 1.